The van der Waals surface area contributed by atoms with Gasteiger partial charge in [-0.1, -0.05) is 30.3 Å². The van der Waals surface area contributed by atoms with Crippen LogP contribution in [0.2, 0.25) is 0 Å². The lowest BCUT2D eigenvalue weighted by Gasteiger charge is -2.04. The molecule has 0 aromatic heterocycles. The quantitative estimate of drug-likeness (QED) is 0.648. The lowest BCUT2D eigenvalue weighted by atomic mass is 10.1. The van der Waals surface area contributed by atoms with Crippen molar-refractivity contribution in [1.82, 2.24) is 0 Å². The van der Waals surface area contributed by atoms with E-state index < -0.39 is 0 Å². The van der Waals surface area contributed by atoms with E-state index >= 15 is 0 Å². The van der Waals surface area contributed by atoms with Crippen molar-refractivity contribution < 1.29 is 14.6 Å². The van der Waals surface area contributed by atoms with Gasteiger partial charge >= 0.3 is 5.97 Å². The van der Waals surface area contributed by atoms with Gasteiger partial charge in [-0.2, -0.15) is 0 Å². The van der Waals surface area contributed by atoms with Crippen LogP contribution < -0.4 is 0 Å². The van der Waals surface area contributed by atoms with E-state index in [9.17, 15) is 4.79 Å². The number of aliphatic hydroxyl groups excluding tert-OH is 1. The number of carbonyl (C=O) groups is 1. The highest BCUT2D eigenvalue weighted by atomic mass is 16.5. The van der Waals surface area contributed by atoms with E-state index in [1.165, 1.54) is 0 Å². The van der Waals surface area contributed by atoms with Gasteiger partial charge in [-0.05, 0) is 22.9 Å². The van der Waals surface area contributed by atoms with E-state index in [0.717, 1.165) is 10.8 Å². The van der Waals surface area contributed by atoms with Crippen molar-refractivity contribution in [3.8, 4) is 0 Å². The molecule has 0 fully saturated rings. The molecule has 0 bridgehead atoms. The molecule has 0 saturated carbocycles. The third-order valence-corrected chi connectivity index (χ3v) is 2.52. The summed E-state index contributed by atoms with van der Waals surface area (Å²) in [6.07, 6.45) is 0.472. The zero-order chi connectivity index (χ0) is 12.1. The molecule has 0 aliphatic heterocycles. The lowest BCUT2D eigenvalue weighted by Crippen LogP contribution is -2.07. The number of ether oxygens (including phenoxy) is 1. The Kier molecular flexibility index (Phi) is 3.73. The molecule has 2 aromatic carbocycles. The fourth-order valence-electron chi connectivity index (χ4n) is 1.63. The second-order valence-electron chi connectivity index (χ2n) is 3.78. The summed E-state index contributed by atoms with van der Waals surface area (Å²) < 4.78 is 5.02. The molecule has 2 aromatic rings. The number of rotatable bonds is 4. The fourth-order valence-corrected chi connectivity index (χ4v) is 1.63. The van der Waals surface area contributed by atoms with Crippen LogP contribution in [0.25, 0.3) is 10.8 Å². The van der Waals surface area contributed by atoms with Crippen molar-refractivity contribution in [3.05, 3.63) is 48.0 Å². The van der Waals surface area contributed by atoms with Crippen LogP contribution >= 0.6 is 0 Å². The normalized spacial score (nSPS) is 10.4. The summed E-state index contributed by atoms with van der Waals surface area (Å²) >= 11 is 0. The first-order valence-electron chi connectivity index (χ1n) is 5.58. The van der Waals surface area contributed by atoms with Gasteiger partial charge in [0, 0.05) is 13.0 Å². The number of fused-ring (bicyclic) bond motifs is 1. The molecule has 3 heteroatoms. The molecule has 0 unspecified atom stereocenters. The van der Waals surface area contributed by atoms with E-state index in [2.05, 4.69) is 0 Å². The molecule has 1 N–H and O–H groups in total. The van der Waals surface area contributed by atoms with E-state index in [0.29, 0.717) is 12.0 Å². The molecule has 0 aliphatic carbocycles. The Morgan fingerprint density at radius 3 is 2.65 bits per heavy atom. The zero-order valence-corrected chi connectivity index (χ0v) is 9.43. The van der Waals surface area contributed by atoms with Crippen LogP contribution in [0.5, 0.6) is 0 Å². The smallest absolute Gasteiger partial charge is 0.338 e. The first-order chi connectivity index (χ1) is 8.31. The Morgan fingerprint density at radius 2 is 1.88 bits per heavy atom. The molecular formula is C14H14O3. The Bertz CT molecular complexity index is 520. The Balaban J connectivity index is 2.15. The third-order valence-electron chi connectivity index (χ3n) is 2.52. The van der Waals surface area contributed by atoms with Gasteiger partial charge in [0.05, 0.1) is 12.2 Å². The maximum Gasteiger partial charge on any atom is 0.338 e. The van der Waals surface area contributed by atoms with Gasteiger partial charge in [0.15, 0.2) is 0 Å². The van der Waals surface area contributed by atoms with Gasteiger partial charge in [-0.25, -0.2) is 4.79 Å². The first-order valence-corrected chi connectivity index (χ1v) is 5.58. The highest BCUT2D eigenvalue weighted by Gasteiger charge is 2.07. The lowest BCUT2D eigenvalue weighted by molar-refractivity contribution is 0.0482. The Morgan fingerprint density at radius 1 is 1.12 bits per heavy atom. The predicted molar refractivity (Wildman–Crippen MR) is 65.9 cm³/mol. The minimum absolute atomic E-state index is 0.0327. The van der Waals surface area contributed by atoms with Crippen LogP contribution in [0, 0.1) is 0 Å². The average Bonchev–Trinajstić information content (AvgIpc) is 2.38. The summed E-state index contributed by atoms with van der Waals surface area (Å²) in [5.74, 6) is -0.343. The highest BCUT2D eigenvalue weighted by Crippen LogP contribution is 2.16. The summed E-state index contributed by atoms with van der Waals surface area (Å²) in [7, 11) is 0. The van der Waals surface area contributed by atoms with Gasteiger partial charge < -0.3 is 9.84 Å². The summed E-state index contributed by atoms with van der Waals surface area (Å²) in [6, 6.07) is 13.3. The van der Waals surface area contributed by atoms with Crippen molar-refractivity contribution in [3.63, 3.8) is 0 Å². The number of benzene rings is 2. The largest absolute Gasteiger partial charge is 0.462 e. The van der Waals surface area contributed by atoms with Gasteiger partial charge in [0.25, 0.3) is 0 Å². The number of esters is 1. The molecule has 17 heavy (non-hydrogen) atoms. The van der Waals surface area contributed by atoms with Crippen molar-refractivity contribution >= 4 is 16.7 Å². The van der Waals surface area contributed by atoms with Crippen LogP contribution in [-0.2, 0) is 4.74 Å². The van der Waals surface area contributed by atoms with Crippen LogP contribution in [0.4, 0.5) is 0 Å². The standard InChI is InChI=1S/C14H14O3/c15-8-3-9-17-14(16)13-7-6-11-4-1-2-5-12(11)10-13/h1-2,4-7,10,15H,3,8-9H2. The first kappa shape index (κ1) is 11.6. The number of hydrogen-bond donors (Lipinski definition) is 1. The van der Waals surface area contributed by atoms with E-state index in [1.54, 1.807) is 6.07 Å². The zero-order valence-electron chi connectivity index (χ0n) is 9.43. The number of hydrogen-bond acceptors (Lipinski definition) is 3. The molecule has 0 spiro atoms. The van der Waals surface area contributed by atoms with Crippen LogP contribution in [0.15, 0.2) is 42.5 Å². The molecule has 0 heterocycles. The van der Waals surface area contributed by atoms with Crippen molar-refractivity contribution in [2.75, 3.05) is 13.2 Å². The molecule has 0 aliphatic rings. The predicted octanol–water partition coefficient (Wildman–Crippen LogP) is 2.38. The van der Waals surface area contributed by atoms with E-state index in [-0.39, 0.29) is 19.2 Å². The van der Waals surface area contributed by atoms with Crippen LogP contribution in [-0.4, -0.2) is 24.3 Å². The molecule has 0 atom stereocenters. The minimum Gasteiger partial charge on any atom is -0.462 e. The molecule has 2 rings (SSSR count). The monoisotopic (exact) mass is 230 g/mol. The Labute approximate surface area is 99.6 Å². The summed E-state index contributed by atoms with van der Waals surface area (Å²) in [4.78, 5) is 11.7. The molecular weight excluding hydrogens is 216 g/mol. The summed E-state index contributed by atoms with van der Waals surface area (Å²) in [6.45, 7) is 0.285. The molecule has 0 saturated heterocycles. The number of carbonyl (C=O) groups excluding carboxylic acids is 1. The van der Waals surface area contributed by atoms with Crippen molar-refractivity contribution in [1.29, 1.82) is 0 Å². The molecule has 3 nitrogen and oxygen atoms in total. The Hall–Kier alpha value is -1.87. The second-order valence-corrected chi connectivity index (χ2v) is 3.78. The van der Waals surface area contributed by atoms with Crippen LogP contribution in [0.3, 0.4) is 0 Å². The van der Waals surface area contributed by atoms with E-state index in [4.69, 9.17) is 9.84 Å². The van der Waals surface area contributed by atoms with Crippen molar-refractivity contribution in [2.24, 2.45) is 0 Å². The van der Waals surface area contributed by atoms with Crippen molar-refractivity contribution in [2.45, 2.75) is 6.42 Å². The second kappa shape index (κ2) is 5.46. The topological polar surface area (TPSA) is 46.5 Å². The molecule has 88 valence electrons. The number of aliphatic hydroxyl groups is 1. The summed E-state index contributed by atoms with van der Waals surface area (Å²) in [5.41, 5.74) is 0.543. The minimum atomic E-state index is -0.343. The maximum absolute atomic E-state index is 11.7. The van der Waals surface area contributed by atoms with E-state index in [1.807, 2.05) is 36.4 Å². The molecule has 0 radical (unpaired) electrons. The van der Waals surface area contributed by atoms with Gasteiger partial charge in [-0.15, -0.1) is 0 Å². The fraction of sp³-hybridized carbons (Fsp3) is 0.214. The molecule has 0 amide bonds. The maximum atomic E-state index is 11.7. The van der Waals surface area contributed by atoms with Gasteiger partial charge in [-0.3, -0.25) is 0 Å². The highest BCUT2D eigenvalue weighted by molar-refractivity contribution is 5.95. The SMILES string of the molecule is O=C(OCCCO)c1ccc2ccccc2c1. The van der Waals surface area contributed by atoms with Gasteiger partial charge in [0.2, 0.25) is 0 Å². The average molecular weight is 230 g/mol. The van der Waals surface area contributed by atoms with Crippen LogP contribution in [0.1, 0.15) is 16.8 Å². The van der Waals surface area contributed by atoms with Gasteiger partial charge in [0.1, 0.15) is 0 Å². The third kappa shape index (κ3) is 2.82. The summed E-state index contributed by atoms with van der Waals surface area (Å²) in [5, 5.41) is 10.7.